The number of aromatic nitrogens is 2. The molecule has 0 radical (unpaired) electrons. The number of hydrogen-bond acceptors (Lipinski definition) is 6. The maximum Gasteiger partial charge on any atom is 0.319 e. The van der Waals surface area contributed by atoms with Crippen LogP contribution < -0.4 is 9.64 Å². The molecule has 1 saturated carbocycles. The van der Waals surface area contributed by atoms with E-state index in [2.05, 4.69) is 27.4 Å². The van der Waals surface area contributed by atoms with E-state index in [1.807, 2.05) is 17.0 Å². The van der Waals surface area contributed by atoms with Crippen molar-refractivity contribution in [1.29, 1.82) is 0 Å². The van der Waals surface area contributed by atoms with Crippen LogP contribution in [0.1, 0.15) is 42.7 Å². The highest BCUT2D eigenvalue weighted by Crippen LogP contribution is 2.59. The van der Waals surface area contributed by atoms with E-state index >= 15 is 4.39 Å². The summed E-state index contributed by atoms with van der Waals surface area (Å²) in [5.74, 6) is 0.725. The van der Waals surface area contributed by atoms with Crippen molar-refractivity contribution in [3.63, 3.8) is 0 Å². The van der Waals surface area contributed by atoms with Gasteiger partial charge in [0.25, 0.3) is 0 Å². The van der Waals surface area contributed by atoms with Crippen LogP contribution in [0.25, 0.3) is 26.9 Å². The summed E-state index contributed by atoms with van der Waals surface area (Å²) in [6, 6.07) is 7.38. The van der Waals surface area contributed by atoms with Crippen molar-refractivity contribution in [2.45, 2.75) is 55.8 Å². The van der Waals surface area contributed by atoms with Crippen LogP contribution >= 0.6 is 11.6 Å². The number of halogens is 3. The molecule has 11 heteroatoms. The van der Waals surface area contributed by atoms with Crippen molar-refractivity contribution in [1.82, 2.24) is 19.8 Å². The summed E-state index contributed by atoms with van der Waals surface area (Å²) >= 11 is 6.95. The van der Waals surface area contributed by atoms with Crippen molar-refractivity contribution in [3.05, 3.63) is 70.3 Å². The van der Waals surface area contributed by atoms with Gasteiger partial charge in [0, 0.05) is 43.5 Å². The number of amides is 1. The number of carbonyl (C=O) groups is 1. The Balaban J connectivity index is 1.23. The highest BCUT2D eigenvalue weighted by Gasteiger charge is 2.50. The maximum atomic E-state index is 17.0. The van der Waals surface area contributed by atoms with Crippen molar-refractivity contribution in [3.8, 4) is 17.1 Å². The van der Waals surface area contributed by atoms with Gasteiger partial charge in [0.05, 0.1) is 10.6 Å². The quantitative estimate of drug-likeness (QED) is 0.238. The standard InChI is InChI=1S/C35H35ClF2N6O2/c1-3-28(45)44-11-10-42(18-23(44)16-39-2)33-26-14-27(36)30(24-7-4-6-20-12-21-13-25(21)29(20)24)31(38)32(26)40-34(41-33)46-19-35-8-5-9-43(35)17-22(37)15-35/h3-4,6-7,14,21-23,25H,1,5,8-13,15-19H2/t21?,22-,23+,25?,35?/m1/s1. The Hall–Kier alpha value is -3.81. The van der Waals surface area contributed by atoms with E-state index in [1.54, 1.807) is 11.0 Å². The maximum absolute atomic E-state index is 17.0. The van der Waals surface area contributed by atoms with Crippen LogP contribution in [0, 0.1) is 18.3 Å². The van der Waals surface area contributed by atoms with Crippen molar-refractivity contribution in [2.75, 3.05) is 50.8 Å². The van der Waals surface area contributed by atoms with Gasteiger partial charge in [-0.2, -0.15) is 9.97 Å². The molecule has 5 atom stereocenters. The zero-order chi connectivity index (χ0) is 31.7. The molecule has 0 bridgehead atoms. The highest BCUT2D eigenvalue weighted by molar-refractivity contribution is 6.34. The minimum atomic E-state index is -0.910. The second-order valence-electron chi connectivity index (χ2n) is 13.5. The summed E-state index contributed by atoms with van der Waals surface area (Å²) in [4.78, 5) is 31.4. The second kappa shape index (κ2) is 11.2. The van der Waals surface area contributed by atoms with Crippen LogP contribution in [0.15, 0.2) is 36.9 Å². The lowest BCUT2D eigenvalue weighted by Gasteiger charge is -2.39. The number of alkyl halides is 1. The van der Waals surface area contributed by atoms with Gasteiger partial charge in [-0.05, 0) is 72.9 Å². The van der Waals surface area contributed by atoms with Gasteiger partial charge in [-0.3, -0.25) is 9.69 Å². The summed E-state index contributed by atoms with van der Waals surface area (Å²) in [6.07, 6.45) is 4.65. The number of fused-ring (bicyclic) bond motifs is 5. The molecule has 3 aromatic rings. The van der Waals surface area contributed by atoms with Crippen molar-refractivity contribution >= 4 is 34.2 Å². The van der Waals surface area contributed by atoms with Gasteiger partial charge in [0.1, 0.15) is 30.2 Å². The van der Waals surface area contributed by atoms with Crippen LogP contribution in [0.3, 0.4) is 0 Å². The minimum Gasteiger partial charge on any atom is -0.461 e. The number of rotatable bonds is 7. The smallest absolute Gasteiger partial charge is 0.319 e. The normalized spacial score (nSPS) is 28.1. The van der Waals surface area contributed by atoms with Gasteiger partial charge >= 0.3 is 6.01 Å². The molecule has 3 unspecified atom stereocenters. The molecule has 46 heavy (non-hydrogen) atoms. The predicted octanol–water partition coefficient (Wildman–Crippen LogP) is 5.83. The Morgan fingerprint density at radius 2 is 2.13 bits per heavy atom. The molecule has 8 rings (SSSR count). The SMILES string of the molecule is [C-]#[N+]C[C@H]1CN(c2nc(OCC34CCCN3C[C@H](F)C4)nc3c(F)c(-c4cccc5c4C4CC4C5)c(Cl)cc23)CCN1C(=O)C=C. The fourth-order valence-electron chi connectivity index (χ4n) is 8.63. The number of benzene rings is 2. The topological polar surface area (TPSA) is 66.2 Å². The van der Waals surface area contributed by atoms with Gasteiger partial charge in [0.15, 0.2) is 5.82 Å². The molecule has 2 aromatic carbocycles. The number of nitrogens with zero attached hydrogens (tertiary/aromatic N) is 6. The monoisotopic (exact) mass is 644 g/mol. The van der Waals surface area contributed by atoms with Gasteiger partial charge in [-0.15, -0.1) is 0 Å². The third kappa shape index (κ3) is 4.73. The first-order valence-corrected chi connectivity index (χ1v) is 16.5. The first-order valence-electron chi connectivity index (χ1n) is 16.1. The number of hydrogen-bond donors (Lipinski definition) is 0. The molecule has 3 saturated heterocycles. The minimum absolute atomic E-state index is 0.0186. The van der Waals surface area contributed by atoms with Crippen LogP contribution in [0.4, 0.5) is 14.6 Å². The van der Waals surface area contributed by atoms with Gasteiger partial charge < -0.3 is 19.4 Å². The van der Waals surface area contributed by atoms with E-state index in [9.17, 15) is 9.18 Å². The zero-order valence-corrected chi connectivity index (χ0v) is 26.3. The third-order valence-corrected chi connectivity index (χ3v) is 11.2. The Morgan fingerprint density at radius 3 is 2.96 bits per heavy atom. The fourth-order valence-corrected chi connectivity index (χ4v) is 8.93. The molecular weight excluding hydrogens is 610 g/mol. The molecule has 3 aliphatic heterocycles. The Morgan fingerprint density at radius 1 is 1.26 bits per heavy atom. The van der Waals surface area contributed by atoms with Crippen LogP contribution in [-0.2, 0) is 11.2 Å². The van der Waals surface area contributed by atoms with Crippen molar-refractivity contribution < 1.29 is 18.3 Å². The van der Waals surface area contributed by atoms with Gasteiger partial charge in [0.2, 0.25) is 12.5 Å². The van der Waals surface area contributed by atoms with Gasteiger partial charge in [-0.25, -0.2) is 15.4 Å². The number of anilines is 1. The molecule has 1 aromatic heterocycles. The molecule has 0 spiro atoms. The van der Waals surface area contributed by atoms with E-state index in [0.29, 0.717) is 61.2 Å². The number of carbonyl (C=O) groups excluding carboxylic acids is 1. The molecule has 0 N–H and O–H groups in total. The molecule has 2 aliphatic carbocycles. The Kier molecular flexibility index (Phi) is 7.18. The molecule has 4 heterocycles. The summed E-state index contributed by atoms with van der Waals surface area (Å²) in [5.41, 5.74) is 3.25. The summed E-state index contributed by atoms with van der Waals surface area (Å²) in [6.45, 7) is 13.7. The predicted molar refractivity (Wildman–Crippen MR) is 172 cm³/mol. The number of ether oxygens (including phenoxy) is 1. The highest BCUT2D eigenvalue weighted by atomic mass is 35.5. The van der Waals surface area contributed by atoms with Crippen LogP contribution in [0.5, 0.6) is 6.01 Å². The van der Waals surface area contributed by atoms with Crippen LogP contribution in [0.2, 0.25) is 5.02 Å². The average molecular weight is 645 g/mol. The number of piperazine rings is 1. The molecule has 238 valence electrons. The summed E-state index contributed by atoms with van der Waals surface area (Å²) in [5, 5.41) is 0.713. The molecule has 1 amide bonds. The lowest BCUT2D eigenvalue weighted by molar-refractivity contribution is -0.128. The van der Waals surface area contributed by atoms with Crippen LogP contribution in [-0.4, -0.2) is 89.3 Å². The fraction of sp³-hybridized carbons (Fsp3) is 0.486. The largest absolute Gasteiger partial charge is 0.461 e. The van der Waals surface area contributed by atoms with E-state index in [0.717, 1.165) is 37.8 Å². The summed E-state index contributed by atoms with van der Waals surface area (Å²) in [7, 11) is 0. The van der Waals surface area contributed by atoms with E-state index < -0.39 is 23.6 Å². The molecule has 5 aliphatic rings. The lowest BCUT2D eigenvalue weighted by Crippen LogP contribution is -2.56. The van der Waals surface area contributed by atoms with Gasteiger partial charge in [-0.1, -0.05) is 36.4 Å². The van der Waals surface area contributed by atoms with E-state index in [1.165, 1.54) is 17.2 Å². The summed E-state index contributed by atoms with van der Waals surface area (Å²) < 4.78 is 37.8. The lowest BCUT2D eigenvalue weighted by atomic mass is 9.93. The Bertz CT molecular complexity index is 1810. The van der Waals surface area contributed by atoms with E-state index in [-0.39, 0.29) is 35.6 Å². The van der Waals surface area contributed by atoms with E-state index in [4.69, 9.17) is 27.9 Å². The second-order valence-corrected chi connectivity index (χ2v) is 13.9. The average Bonchev–Trinajstić information content (AvgIpc) is 3.37. The third-order valence-electron chi connectivity index (χ3n) is 10.9. The van der Waals surface area contributed by atoms with Crippen molar-refractivity contribution in [2.24, 2.45) is 5.92 Å². The Labute approximate surface area is 271 Å². The first kappa shape index (κ1) is 29.6. The first-order chi connectivity index (χ1) is 22.3. The zero-order valence-electron chi connectivity index (χ0n) is 25.5. The molecule has 4 fully saturated rings. The molecule has 8 nitrogen and oxygen atoms in total. The molecular formula is C35H35ClF2N6O2.